The lowest BCUT2D eigenvalue weighted by atomic mass is 9.98. The number of hydrogen-bond donors (Lipinski definition) is 1. The van der Waals surface area contributed by atoms with Gasteiger partial charge in [-0.15, -0.1) is 0 Å². The molecule has 0 unspecified atom stereocenters. The highest BCUT2D eigenvalue weighted by Gasteiger charge is 2.21. The molecule has 1 amide bonds. The van der Waals surface area contributed by atoms with Gasteiger partial charge in [0.2, 0.25) is 0 Å². The molecule has 5 heteroatoms. The van der Waals surface area contributed by atoms with Crippen molar-refractivity contribution in [2.24, 2.45) is 0 Å². The zero-order valence-corrected chi connectivity index (χ0v) is 16.9. The smallest absolute Gasteiger partial charge is 0.264 e. The molecule has 0 saturated heterocycles. The lowest BCUT2D eigenvalue weighted by Gasteiger charge is -2.31. The summed E-state index contributed by atoms with van der Waals surface area (Å²) in [6.07, 6.45) is 2.06. The van der Waals surface area contributed by atoms with Crippen LogP contribution in [-0.4, -0.2) is 24.2 Å². The summed E-state index contributed by atoms with van der Waals surface area (Å²) in [5, 5.41) is 3.23. The van der Waals surface area contributed by atoms with Gasteiger partial charge < -0.3 is 9.64 Å². The van der Waals surface area contributed by atoms with Crippen molar-refractivity contribution < 1.29 is 9.53 Å². The minimum absolute atomic E-state index is 0.0594. The van der Waals surface area contributed by atoms with Gasteiger partial charge in [0.25, 0.3) is 5.91 Å². The van der Waals surface area contributed by atoms with Gasteiger partial charge in [0.1, 0.15) is 5.75 Å². The van der Waals surface area contributed by atoms with Gasteiger partial charge >= 0.3 is 0 Å². The quantitative estimate of drug-likeness (QED) is 0.798. The summed E-state index contributed by atoms with van der Waals surface area (Å²) in [5.74, 6) is 0.919. The first-order chi connectivity index (χ1) is 13.0. The fourth-order valence-corrected chi connectivity index (χ4v) is 3.81. The fraction of sp³-hybridized carbons (Fsp3) is 0.364. The SMILES string of the molecule is Cc1cc(OCC(=O)NC(=S)N2CCCc3ccccc32)ccc1C(C)C. The first-order valence-corrected chi connectivity index (χ1v) is 9.79. The summed E-state index contributed by atoms with van der Waals surface area (Å²) in [6, 6.07) is 14.1. The second-order valence-electron chi connectivity index (χ2n) is 7.20. The third-order valence-corrected chi connectivity index (χ3v) is 5.16. The number of benzene rings is 2. The third-order valence-electron chi connectivity index (χ3n) is 4.83. The molecule has 0 atom stereocenters. The fourth-order valence-electron chi connectivity index (χ4n) is 3.50. The van der Waals surface area contributed by atoms with Crippen LogP contribution in [0.3, 0.4) is 0 Å². The molecule has 0 spiro atoms. The Hall–Kier alpha value is -2.40. The summed E-state index contributed by atoms with van der Waals surface area (Å²) in [7, 11) is 0. The number of para-hydroxylation sites is 1. The molecule has 4 nitrogen and oxygen atoms in total. The van der Waals surface area contributed by atoms with Crippen LogP contribution in [0.15, 0.2) is 42.5 Å². The summed E-state index contributed by atoms with van der Waals surface area (Å²) in [5.41, 5.74) is 4.80. The van der Waals surface area contributed by atoms with E-state index in [-0.39, 0.29) is 12.5 Å². The topological polar surface area (TPSA) is 41.6 Å². The van der Waals surface area contributed by atoms with Crippen LogP contribution < -0.4 is 15.0 Å². The molecule has 2 aromatic carbocycles. The van der Waals surface area contributed by atoms with Crippen LogP contribution in [0.1, 0.15) is 42.9 Å². The van der Waals surface area contributed by atoms with E-state index in [1.807, 2.05) is 35.2 Å². The van der Waals surface area contributed by atoms with Crippen LogP contribution in [0.5, 0.6) is 5.75 Å². The second kappa shape index (κ2) is 8.53. The van der Waals surface area contributed by atoms with Gasteiger partial charge in [0.15, 0.2) is 11.7 Å². The largest absolute Gasteiger partial charge is 0.484 e. The Bertz CT molecular complexity index is 848. The predicted molar refractivity (Wildman–Crippen MR) is 114 cm³/mol. The minimum Gasteiger partial charge on any atom is -0.484 e. The Labute approximate surface area is 166 Å². The summed E-state index contributed by atoms with van der Waals surface area (Å²) in [4.78, 5) is 14.3. The van der Waals surface area contributed by atoms with E-state index < -0.39 is 0 Å². The number of hydrogen-bond acceptors (Lipinski definition) is 3. The lowest BCUT2D eigenvalue weighted by molar-refractivity contribution is -0.121. The molecule has 0 radical (unpaired) electrons. The number of carbonyl (C=O) groups is 1. The summed E-state index contributed by atoms with van der Waals surface area (Å²) in [6.45, 7) is 7.14. The molecule has 0 aromatic heterocycles. The van der Waals surface area contributed by atoms with Crippen molar-refractivity contribution in [3.63, 3.8) is 0 Å². The Morgan fingerprint density at radius 1 is 1.26 bits per heavy atom. The van der Waals surface area contributed by atoms with Crippen molar-refractivity contribution in [3.05, 3.63) is 59.2 Å². The van der Waals surface area contributed by atoms with E-state index in [4.69, 9.17) is 17.0 Å². The first kappa shape index (κ1) is 19.4. The molecular weight excluding hydrogens is 356 g/mol. The van der Waals surface area contributed by atoms with E-state index in [1.165, 1.54) is 16.7 Å². The van der Waals surface area contributed by atoms with Crippen molar-refractivity contribution in [2.45, 2.75) is 39.5 Å². The average molecular weight is 383 g/mol. The Kier molecular flexibility index (Phi) is 6.11. The maximum absolute atomic E-state index is 12.3. The molecular formula is C22H26N2O2S. The first-order valence-electron chi connectivity index (χ1n) is 9.38. The zero-order valence-electron chi connectivity index (χ0n) is 16.1. The lowest BCUT2D eigenvalue weighted by Crippen LogP contribution is -2.46. The van der Waals surface area contributed by atoms with Gasteiger partial charge in [0.05, 0.1) is 0 Å². The number of thiocarbonyl (C=S) groups is 1. The Morgan fingerprint density at radius 3 is 2.78 bits per heavy atom. The molecule has 2 aromatic rings. The molecule has 1 aliphatic heterocycles. The Morgan fingerprint density at radius 2 is 2.04 bits per heavy atom. The highest BCUT2D eigenvalue weighted by Crippen LogP contribution is 2.27. The number of carbonyl (C=O) groups excluding carboxylic acids is 1. The molecule has 1 aliphatic rings. The monoisotopic (exact) mass is 382 g/mol. The molecule has 142 valence electrons. The van der Waals surface area contributed by atoms with Crippen molar-refractivity contribution in [1.82, 2.24) is 5.32 Å². The van der Waals surface area contributed by atoms with Gasteiger partial charge in [-0.2, -0.15) is 0 Å². The maximum Gasteiger partial charge on any atom is 0.264 e. The van der Waals surface area contributed by atoms with E-state index in [1.54, 1.807) is 0 Å². The molecule has 1 N–H and O–H groups in total. The van der Waals surface area contributed by atoms with Crippen LogP contribution >= 0.6 is 12.2 Å². The van der Waals surface area contributed by atoms with Crippen LogP contribution in [-0.2, 0) is 11.2 Å². The minimum atomic E-state index is -0.242. The highest BCUT2D eigenvalue weighted by molar-refractivity contribution is 7.80. The van der Waals surface area contributed by atoms with Crippen molar-refractivity contribution in [3.8, 4) is 5.75 Å². The molecule has 0 aliphatic carbocycles. The number of nitrogens with zero attached hydrogens (tertiary/aromatic N) is 1. The maximum atomic E-state index is 12.3. The van der Waals surface area contributed by atoms with Gasteiger partial charge in [-0.3, -0.25) is 10.1 Å². The highest BCUT2D eigenvalue weighted by atomic mass is 32.1. The number of fused-ring (bicyclic) bond motifs is 1. The standard InChI is InChI=1S/C22H26N2O2S/c1-15(2)19-11-10-18(13-16(19)3)26-14-21(25)23-22(27)24-12-6-8-17-7-4-5-9-20(17)24/h4-5,7,9-11,13,15H,6,8,12,14H2,1-3H3,(H,23,25,27). The molecule has 0 bridgehead atoms. The van der Waals surface area contributed by atoms with E-state index >= 15 is 0 Å². The molecule has 1 heterocycles. The van der Waals surface area contributed by atoms with E-state index in [9.17, 15) is 4.79 Å². The van der Waals surface area contributed by atoms with Gasteiger partial charge in [-0.25, -0.2) is 0 Å². The van der Waals surface area contributed by atoms with Crippen LogP contribution in [0, 0.1) is 6.92 Å². The molecule has 0 fully saturated rings. The van der Waals surface area contributed by atoms with Crippen LogP contribution in [0.4, 0.5) is 5.69 Å². The Balaban J connectivity index is 1.57. The second-order valence-corrected chi connectivity index (χ2v) is 7.59. The van der Waals surface area contributed by atoms with E-state index in [0.717, 1.165) is 25.1 Å². The van der Waals surface area contributed by atoms with Gasteiger partial charge in [-0.1, -0.05) is 38.1 Å². The normalized spacial score (nSPS) is 13.3. The van der Waals surface area contributed by atoms with Gasteiger partial charge in [-0.05, 0) is 72.8 Å². The number of ether oxygens (including phenoxy) is 1. The average Bonchev–Trinajstić information content (AvgIpc) is 2.65. The number of amides is 1. The summed E-state index contributed by atoms with van der Waals surface area (Å²) >= 11 is 5.46. The van der Waals surface area contributed by atoms with Crippen LogP contribution in [0.2, 0.25) is 0 Å². The zero-order chi connectivity index (χ0) is 19.4. The number of aryl methyl sites for hydroxylation is 2. The molecule has 0 saturated carbocycles. The van der Waals surface area contributed by atoms with Crippen molar-refractivity contribution in [2.75, 3.05) is 18.1 Å². The van der Waals surface area contributed by atoms with E-state index in [2.05, 4.69) is 38.2 Å². The van der Waals surface area contributed by atoms with Crippen molar-refractivity contribution in [1.29, 1.82) is 0 Å². The van der Waals surface area contributed by atoms with Crippen molar-refractivity contribution >= 4 is 28.9 Å². The van der Waals surface area contributed by atoms with E-state index in [0.29, 0.717) is 16.8 Å². The predicted octanol–water partition coefficient (Wildman–Crippen LogP) is 4.35. The molecule has 27 heavy (non-hydrogen) atoms. The number of rotatable bonds is 4. The van der Waals surface area contributed by atoms with Gasteiger partial charge in [0, 0.05) is 12.2 Å². The number of anilines is 1. The third kappa shape index (κ3) is 4.66. The summed E-state index contributed by atoms with van der Waals surface area (Å²) < 4.78 is 5.65. The van der Waals surface area contributed by atoms with Crippen LogP contribution in [0.25, 0.3) is 0 Å². The molecule has 3 rings (SSSR count). The number of nitrogens with one attached hydrogen (secondary N) is 1.